The molecule has 0 saturated heterocycles. The molecule has 0 bridgehead atoms. The van der Waals surface area contributed by atoms with Gasteiger partial charge in [-0.15, -0.1) is 107 Å². The molecule has 0 amide bonds. The van der Waals surface area contributed by atoms with Crippen LogP contribution in [-0.2, 0) is 20.1 Å². The summed E-state index contributed by atoms with van der Waals surface area (Å²) in [6.07, 6.45) is 5.53. The van der Waals surface area contributed by atoms with Gasteiger partial charge in [0, 0.05) is 35.4 Å². The van der Waals surface area contributed by atoms with Crippen molar-refractivity contribution in [2.75, 3.05) is 0 Å². The molecule has 0 N–H and O–H groups in total. The van der Waals surface area contributed by atoms with E-state index in [2.05, 4.69) is 107 Å². The summed E-state index contributed by atoms with van der Waals surface area (Å²) in [5.41, 5.74) is 10.6. The molecule has 5 aromatic carbocycles. The van der Waals surface area contributed by atoms with Crippen molar-refractivity contribution in [1.82, 2.24) is 19.9 Å². The molecule has 0 aliphatic heterocycles. The smallest absolute Gasteiger partial charge is 0.305 e. The van der Waals surface area contributed by atoms with Crippen molar-refractivity contribution in [3.63, 3.8) is 0 Å². The number of nitrogens with zero attached hydrogens (tertiary/aromatic N) is 4. The van der Waals surface area contributed by atoms with E-state index >= 15 is 0 Å². The van der Waals surface area contributed by atoms with Crippen molar-refractivity contribution >= 4 is 32.3 Å². The standard InChI is InChI=1S/C22H19N2.C15H10N.C11H8N.Ir/c1-13-9-14(2)11-17(10-13)22-20-6-5-18-16(4)24-15(3)12-21(18)19(20)7-8-23-22;1-2-7-13(8-3-1)15-14-9-5-4-6-12(14)10-11-16-15;1-2-6-10(7-3-1)11-8-4-5-9-12-11;/h5-10,12H,1-4H3;1-7,9-11H;1-6,8-9H;/q3*-1;+3. The van der Waals surface area contributed by atoms with E-state index in [0.717, 1.165) is 56.1 Å². The van der Waals surface area contributed by atoms with Crippen LogP contribution in [0.1, 0.15) is 22.5 Å². The molecule has 4 heterocycles. The fraction of sp³-hybridized carbons (Fsp3) is 0.0833. The maximum Gasteiger partial charge on any atom is 3.00 e. The normalized spacial score (nSPS) is 10.5. The van der Waals surface area contributed by atoms with Gasteiger partial charge in [0.25, 0.3) is 0 Å². The van der Waals surface area contributed by atoms with Gasteiger partial charge in [0.2, 0.25) is 0 Å². The number of aromatic nitrogens is 4. The Bertz CT molecular complexity index is 2540. The second-order valence-corrected chi connectivity index (χ2v) is 12.7. The summed E-state index contributed by atoms with van der Waals surface area (Å²) in [5.74, 6) is 0. The summed E-state index contributed by atoms with van der Waals surface area (Å²) in [6, 6.07) is 54.6. The first-order valence-electron chi connectivity index (χ1n) is 17.3. The van der Waals surface area contributed by atoms with Gasteiger partial charge in [-0.2, -0.15) is 0 Å². The number of rotatable bonds is 3. The third-order valence-electron chi connectivity index (χ3n) is 8.77. The zero-order chi connectivity index (χ0) is 35.9. The van der Waals surface area contributed by atoms with Crippen molar-refractivity contribution in [2.45, 2.75) is 27.7 Å². The van der Waals surface area contributed by atoms with Gasteiger partial charge in [-0.3, -0.25) is 4.98 Å². The maximum atomic E-state index is 4.66. The van der Waals surface area contributed by atoms with Gasteiger partial charge in [0.1, 0.15) is 0 Å². The molecule has 0 fully saturated rings. The van der Waals surface area contributed by atoms with Gasteiger partial charge in [0.05, 0.1) is 0 Å². The number of benzene rings is 5. The molecular weight excluding hydrogens is 825 g/mol. The average Bonchev–Trinajstić information content (AvgIpc) is 3.18. The number of hydrogen-bond acceptors (Lipinski definition) is 4. The number of aryl methyl sites for hydroxylation is 4. The van der Waals surface area contributed by atoms with Crippen LogP contribution in [0.4, 0.5) is 0 Å². The summed E-state index contributed by atoms with van der Waals surface area (Å²) >= 11 is 0. The van der Waals surface area contributed by atoms with E-state index in [1.165, 1.54) is 32.5 Å². The second kappa shape index (κ2) is 17.1. The largest absolute Gasteiger partial charge is 3.00 e. The van der Waals surface area contributed by atoms with E-state index < -0.39 is 0 Å². The number of hydrogen-bond donors (Lipinski definition) is 0. The van der Waals surface area contributed by atoms with Crippen LogP contribution in [0, 0.1) is 45.9 Å². The van der Waals surface area contributed by atoms with E-state index in [-0.39, 0.29) is 20.1 Å². The maximum absolute atomic E-state index is 4.66. The van der Waals surface area contributed by atoms with Gasteiger partial charge in [0.15, 0.2) is 0 Å². The van der Waals surface area contributed by atoms with Crippen molar-refractivity contribution in [2.24, 2.45) is 0 Å². The first-order valence-corrected chi connectivity index (χ1v) is 17.3. The average molecular weight is 862 g/mol. The Labute approximate surface area is 325 Å². The summed E-state index contributed by atoms with van der Waals surface area (Å²) in [7, 11) is 0. The van der Waals surface area contributed by atoms with Crippen LogP contribution in [0.2, 0.25) is 0 Å². The Morgan fingerprint density at radius 2 is 1.15 bits per heavy atom. The SMILES string of the molecule is Cc1[c-]c(-c2nccc3c2ccc2c(C)nc(C)cc23)cc(C)c1.[Ir+3].[c-]1ccccc1-c1ccccn1.[c-]1ccccc1-c1nccc2ccccc12. The van der Waals surface area contributed by atoms with Crippen LogP contribution in [0.25, 0.3) is 66.1 Å². The Morgan fingerprint density at radius 3 is 1.87 bits per heavy atom. The van der Waals surface area contributed by atoms with Crippen molar-refractivity contribution in [3.05, 3.63) is 193 Å². The van der Waals surface area contributed by atoms with E-state index in [1.807, 2.05) is 104 Å². The Kier molecular flexibility index (Phi) is 11.9. The predicted octanol–water partition coefficient (Wildman–Crippen LogP) is 11.7. The van der Waals surface area contributed by atoms with Gasteiger partial charge in [-0.1, -0.05) is 62.4 Å². The molecule has 53 heavy (non-hydrogen) atoms. The zero-order valence-corrected chi connectivity index (χ0v) is 32.5. The van der Waals surface area contributed by atoms with Crippen LogP contribution in [0.5, 0.6) is 0 Å². The molecule has 0 aliphatic carbocycles. The first-order chi connectivity index (χ1) is 25.4. The molecule has 0 spiro atoms. The van der Waals surface area contributed by atoms with E-state index in [9.17, 15) is 0 Å². The van der Waals surface area contributed by atoms with Crippen LogP contribution in [0.15, 0.2) is 152 Å². The molecular formula is C48H37IrN4. The molecule has 0 atom stereocenters. The van der Waals surface area contributed by atoms with Gasteiger partial charge in [-0.05, 0) is 82.1 Å². The molecule has 4 aromatic heterocycles. The Morgan fingerprint density at radius 1 is 0.472 bits per heavy atom. The fourth-order valence-corrected chi connectivity index (χ4v) is 6.50. The minimum absolute atomic E-state index is 0. The number of fused-ring (bicyclic) bond motifs is 4. The zero-order valence-electron chi connectivity index (χ0n) is 30.1. The Balaban J connectivity index is 0.000000144. The van der Waals surface area contributed by atoms with Crippen LogP contribution < -0.4 is 0 Å². The Hall–Kier alpha value is -5.87. The van der Waals surface area contributed by atoms with Crippen molar-refractivity contribution < 1.29 is 20.1 Å². The van der Waals surface area contributed by atoms with Gasteiger partial charge in [-0.25, -0.2) is 0 Å². The summed E-state index contributed by atoms with van der Waals surface area (Å²) in [5, 5.41) is 7.22. The molecule has 258 valence electrons. The first kappa shape index (κ1) is 36.9. The van der Waals surface area contributed by atoms with Crippen molar-refractivity contribution in [1.29, 1.82) is 0 Å². The molecule has 9 aromatic rings. The monoisotopic (exact) mass is 862 g/mol. The summed E-state index contributed by atoms with van der Waals surface area (Å²) in [6.45, 7) is 8.31. The third kappa shape index (κ3) is 8.61. The van der Waals surface area contributed by atoms with Crippen LogP contribution in [-0.4, -0.2) is 19.9 Å². The molecule has 9 rings (SSSR count). The molecule has 0 aliphatic rings. The van der Waals surface area contributed by atoms with Gasteiger partial charge >= 0.3 is 20.1 Å². The van der Waals surface area contributed by atoms with Crippen LogP contribution in [0.3, 0.4) is 0 Å². The quantitative estimate of drug-likeness (QED) is 0.131. The molecule has 0 saturated carbocycles. The fourth-order valence-electron chi connectivity index (χ4n) is 6.50. The van der Waals surface area contributed by atoms with Gasteiger partial charge < -0.3 is 15.0 Å². The summed E-state index contributed by atoms with van der Waals surface area (Å²) in [4.78, 5) is 17.9. The minimum atomic E-state index is 0. The summed E-state index contributed by atoms with van der Waals surface area (Å²) < 4.78 is 0. The predicted molar refractivity (Wildman–Crippen MR) is 215 cm³/mol. The molecule has 5 heteroatoms. The van der Waals surface area contributed by atoms with E-state index in [1.54, 1.807) is 6.20 Å². The van der Waals surface area contributed by atoms with Crippen LogP contribution >= 0.6 is 0 Å². The molecule has 0 radical (unpaired) electrons. The second-order valence-electron chi connectivity index (χ2n) is 12.7. The number of pyridine rings is 4. The topological polar surface area (TPSA) is 51.6 Å². The molecule has 4 nitrogen and oxygen atoms in total. The molecule has 0 unspecified atom stereocenters. The van der Waals surface area contributed by atoms with Crippen molar-refractivity contribution in [3.8, 4) is 33.8 Å². The minimum Gasteiger partial charge on any atom is -0.305 e. The van der Waals surface area contributed by atoms with E-state index in [0.29, 0.717) is 0 Å². The third-order valence-corrected chi connectivity index (χ3v) is 8.77. The van der Waals surface area contributed by atoms with E-state index in [4.69, 9.17) is 0 Å².